The standard InChI is InChI=1S/C16H18Cl2N4O3/c1-24-15-13(25-10-4-2-3-5-10)6-7-22(21-15)16(23)20-14-11(17)8-19-9-12(14)18/h6-10,21H,2-5H2,1H3,(H,19,20,23). The quantitative estimate of drug-likeness (QED) is 0.819. The van der Waals surface area contributed by atoms with E-state index >= 15 is 0 Å². The van der Waals surface area contributed by atoms with Gasteiger partial charge in [-0.25, -0.2) is 9.80 Å². The van der Waals surface area contributed by atoms with Crippen LogP contribution in [0.5, 0.6) is 0 Å². The summed E-state index contributed by atoms with van der Waals surface area (Å²) < 4.78 is 11.2. The Balaban J connectivity index is 1.67. The summed E-state index contributed by atoms with van der Waals surface area (Å²) in [5, 5.41) is 4.34. The number of methoxy groups -OCH3 is 1. The van der Waals surface area contributed by atoms with Gasteiger partial charge in [0.1, 0.15) is 0 Å². The maximum atomic E-state index is 12.4. The van der Waals surface area contributed by atoms with Crippen molar-refractivity contribution in [3.05, 3.63) is 46.4 Å². The van der Waals surface area contributed by atoms with E-state index in [9.17, 15) is 4.79 Å². The first kappa shape index (κ1) is 17.7. The van der Waals surface area contributed by atoms with Crippen LogP contribution in [0.4, 0.5) is 10.5 Å². The van der Waals surface area contributed by atoms with Crippen molar-refractivity contribution in [3.8, 4) is 0 Å². The van der Waals surface area contributed by atoms with Gasteiger partial charge in [-0.15, -0.1) is 0 Å². The number of aromatic nitrogens is 1. The minimum Gasteiger partial charge on any atom is -0.485 e. The van der Waals surface area contributed by atoms with E-state index in [1.807, 2.05) is 0 Å². The molecule has 1 saturated carbocycles. The molecule has 1 aromatic heterocycles. The van der Waals surface area contributed by atoms with Crippen molar-refractivity contribution in [2.75, 3.05) is 12.4 Å². The number of hydrogen-bond acceptors (Lipinski definition) is 5. The summed E-state index contributed by atoms with van der Waals surface area (Å²) in [7, 11) is 1.51. The van der Waals surface area contributed by atoms with Gasteiger partial charge in [0.05, 0.1) is 28.9 Å². The highest BCUT2D eigenvalue weighted by molar-refractivity contribution is 6.39. The number of halogens is 2. The number of nitrogens with one attached hydrogen (secondary N) is 2. The molecule has 0 saturated heterocycles. The molecule has 0 aromatic carbocycles. The van der Waals surface area contributed by atoms with Gasteiger partial charge in [-0.05, 0) is 25.7 Å². The Labute approximate surface area is 155 Å². The summed E-state index contributed by atoms with van der Waals surface area (Å²) in [5.74, 6) is 0.926. The molecule has 134 valence electrons. The van der Waals surface area contributed by atoms with Crippen molar-refractivity contribution >= 4 is 34.9 Å². The van der Waals surface area contributed by atoms with Gasteiger partial charge in [0.25, 0.3) is 0 Å². The lowest BCUT2D eigenvalue weighted by Crippen LogP contribution is -2.43. The number of urea groups is 1. The maximum absolute atomic E-state index is 12.4. The van der Waals surface area contributed by atoms with Crippen molar-refractivity contribution in [2.45, 2.75) is 31.8 Å². The summed E-state index contributed by atoms with van der Waals surface area (Å²) in [6.07, 6.45) is 10.6. The number of hydrazine groups is 1. The molecule has 2 aliphatic rings. The van der Waals surface area contributed by atoms with Crippen LogP contribution < -0.4 is 10.7 Å². The number of carbonyl (C=O) groups excluding carboxylic acids is 1. The summed E-state index contributed by atoms with van der Waals surface area (Å²) in [5.41, 5.74) is 3.14. The van der Waals surface area contributed by atoms with Crippen molar-refractivity contribution in [3.63, 3.8) is 0 Å². The number of nitrogens with zero attached hydrogens (tertiary/aromatic N) is 2. The fourth-order valence-electron chi connectivity index (χ4n) is 2.66. The molecule has 0 atom stereocenters. The lowest BCUT2D eigenvalue weighted by atomic mass is 10.3. The molecule has 25 heavy (non-hydrogen) atoms. The Morgan fingerprint density at radius 2 is 2.00 bits per heavy atom. The molecule has 2 N–H and O–H groups in total. The highest BCUT2D eigenvalue weighted by atomic mass is 35.5. The van der Waals surface area contributed by atoms with Crippen molar-refractivity contribution in [2.24, 2.45) is 0 Å². The zero-order valence-electron chi connectivity index (χ0n) is 13.6. The average molecular weight is 385 g/mol. The Morgan fingerprint density at radius 3 is 2.64 bits per heavy atom. The SMILES string of the molecule is COC1=C(OC2CCCC2)C=CN(C(=O)Nc2c(Cl)cncc2Cl)N1. The van der Waals surface area contributed by atoms with Gasteiger partial charge in [-0.2, -0.15) is 0 Å². The molecule has 2 heterocycles. The Kier molecular flexibility index (Phi) is 5.55. The third-order valence-corrected chi connectivity index (χ3v) is 4.50. The molecule has 1 aliphatic carbocycles. The second-order valence-electron chi connectivity index (χ2n) is 5.63. The first-order valence-electron chi connectivity index (χ1n) is 7.87. The van der Waals surface area contributed by atoms with E-state index < -0.39 is 6.03 Å². The molecule has 0 unspecified atom stereocenters. The normalized spacial score (nSPS) is 17.5. The molecule has 0 bridgehead atoms. The van der Waals surface area contributed by atoms with Gasteiger partial charge in [-0.1, -0.05) is 23.2 Å². The second-order valence-corrected chi connectivity index (χ2v) is 6.44. The molecule has 2 amide bonds. The number of pyridine rings is 1. The van der Waals surface area contributed by atoms with Crippen LogP contribution in [0.25, 0.3) is 0 Å². The number of ether oxygens (including phenoxy) is 2. The molecule has 1 aliphatic heterocycles. The van der Waals surface area contributed by atoms with Crippen LogP contribution >= 0.6 is 23.2 Å². The smallest absolute Gasteiger partial charge is 0.344 e. The van der Waals surface area contributed by atoms with E-state index in [1.165, 1.54) is 37.4 Å². The molecular formula is C16H18Cl2N4O3. The minimum atomic E-state index is -0.485. The number of allylic oxidation sites excluding steroid dienone is 1. The van der Waals surface area contributed by atoms with Gasteiger partial charge >= 0.3 is 6.03 Å². The minimum absolute atomic E-state index is 0.182. The van der Waals surface area contributed by atoms with Crippen LogP contribution in [0, 0.1) is 0 Å². The Hall–Kier alpha value is -2.12. The van der Waals surface area contributed by atoms with Gasteiger partial charge in [0.2, 0.25) is 5.88 Å². The Morgan fingerprint density at radius 1 is 1.32 bits per heavy atom. The topological polar surface area (TPSA) is 75.7 Å². The maximum Gasteiger partial charge on any atom is 0.344 e. The zero-order valence-corrected chi connectivity index (χ0v) is 15.1. The number of amides is 2. The van der Waals surface area contributed by atoms with E-state index in [0.717, 1.165) is 12.8 Å². The molecule has 0 spiro atoms. The summed E-state index contributed by atoms with van der Waals surface area (Å²) in [6, 6.07) is -0.485. The first-order chi connectivity index (χ1) is 12.1. The monoisotopic (exact) mass is 384 g/mol. The third-order valence-electron chi connectivity index (χ3n) is 3.92. The van der Waals surface area contributed by atoms with E-state index in [4.69, 9.17) is 32.7 Å². The highest BCUT2D eigenvalue weighted by Gasteiger charge is 2.24. The molecular weight excluding hydrogens is 367 g/mol. The number of anilines is 1. The van der Waals surface area contributed by atoms with Gasteiger partial charge in [0.15, 0.2) is 5.76 Å². The van der Waals surface area contributed by atoms with Crippen LogP contribution in [0.3, 0.4) is 0 Å². The van der Waals surface area contributed by atoms with E-state index in [-0.39, 0.29) is 21.8 Å². The summed E-state index contributed by atoms with van der Waals surface area (Å²) in [6.45, 7) is 0. The van der Waals surface area contributed by atoms with Gasteiger partial charge in [-0.3, -0.25) is 10.4 Å². The van der Waals surface area contributed by atoms with Gasteiger partial charge in [0, 0.05) is 24.7 Å². The van der Waals surface area contributed by atoms with Crippen molar-refractivity contribution in [1.82, 2.24) is 15.4 Å². The fraction of sp³-hybridized carbons (Fsp3) is 0.375. The van der Waals surface area contributed by atoms with Crippen LogP contribution in [-0.2, 0) is 9.47 Å². The number of hydrogen-bond donors (Lipinski definition) is 2. The van der Waals surface area contributed by atoms with Crippen molar-refractivity contribution < 1.29 is 14.3 Å². The van der Waals surface area contributed by atoms with E-state index in [1.54, 1.807) is 12.3 Å². The molecule has 1 fully saturated rings. The predicted molar refractivity (Wildman–Crippen MR) is 94.8 cm³/mol. The second kappa shape index (κ2) is 7.84. The zero-order chi connectivity index (χ0) is 17.8. The number of carbonyl (C=O) groups is 1. The molecule has 3 rings (SSSR count). The van der Waals surface area contributed by atoms with Gasteiger partial charge < -0.3 is 14.8 Å². The number of rotatable bonds is 4. The largest absolute Gasteiger partial charge is 0.485 e. The third kappa shape index (κ3) is 4.11. The van der Waals surface area contributed by atoms with E-state index in [0.29, 0.717) is 11.6 Å². The Bertz CT molecular complexity index is 697. The van der Waals surface area contributed by atoms with E-state index in [2.05, 4.69) is 15.7 Å². The van der Waals surface area contributed by atoms with Crippen LogP contribution in [-0.4, -0.2) is 29.2 Å². The van der Waals surface area contributed by atoms with Crippen LogP contribution in [0.2, 0.25) is 10.0 Å². The summed E-state index contributed by atoms with van der Waals surface area (Å²) >= 11 is 12.0. The fourth-order valence-corrected chi connectivity index (χ4v) is 3.12. The summed E-state index contributed by atoms with van der Waals surface area (Å²) in [4.78, 5) is 16.3. The van der Waals surface area contributed by atoms with Crippen LogP contribution in [0.1, 0.15) is 25.7 Å². The van der Waals surface area contributed by atoms with Crippen LogP contribution in [0.15, 0.2) is 36.3 Å². The molecule has 0 radical (unpaired) electrons. The highest BCUT2D eigenvalue weighted by Crippen LogP contribution is 2.29. The average Bonchev–Trinajstić information content (AvgIpc) is 3.11. The predicted octanol–water partition coefficient (Wildman–Crippen LogP) is 4.03. The lowest BCUT2D eigenvalue weighted by molar-refractivity contribution is 0.0942. The first-order valence-corrected chi connectivity index (χ1v) is 8.63. The molecule has 1 aromatic rings. The lowest BCUT2D eigenvalue weighted by Gasteiger charge is -2.27. The molecule has 9 heteroatoms. The van der Waals surface area contributed by atoms with Crippen molar-refractivity contribution in [1.29, 1.82) is 0 Å². The molecule has 7 nitrogen and oxygen atoms in total.